The maximum absolute atomic E-state index is 11.4. The molecule has 2 N–H and O–H groups in total. The number of carboxylic acid groups (broad SMARTS) is 1. The van der Waals surface area contributed by atoms with E-state index in [4.69, 9.17) is 0 Å². The molecular formula is C11H17N3O2S2. The zero-order valence-electron chi connectivity index (χ0n) is 10.4. The molecule has 0 amide bonds. The molecule has 1 heterocycles. The third-order valence-electron chi connectivity index (χ3n) is 2.91. The Morgan fingerprint density at radius 1 is 1.78 bits per heavy atom. The summed E-state index contributed by atoms with van der Waals surface area (Å²) in [4.78, 5) is 15.5. The average molecular weight is 287 g/mol. The van der Waals surface area contributed by atoms with Gasteiger partial charge in [0, 0.05) is 11.3 Å². The molecule has 2 unspecified atom stereocenters. The number of thioether (sulfide) groups is 1. The SMILES string of the molecule is CC(CC(C)(NC1CC1)C(=O)O)Sc1ncns1. The van der Waals surface area contributed by atoms with E-state index in [0.29, 0.717) is 12.5 Å². The van der Waals surface area contributed by atoms with Crippen LogP contribution in [0.25, 0.3) is 0 Å². The highest BCUT2D eigenvalue weighted by Crippen LogP contribution is 2.31. The van der Waals surface area contributed by atoms with Gasteiger partial charge < -0.3 is 5.11 Å². The molecule has 0 aliphatic heterocycles. The van der Waals surface area contributed by atoms with Gasteiger partial charge >= 0.3 is 5.97 Å². The number of carbonyl (C=O) groups is 1. The molecule has 0 aromatic carbocycles. The second kappa shape index (κ2) is 5.54. The molecule has 1 aromatic rings. The summed E-state index contributed by atoms with van der Waals surface area (Å²) in [5.74, 6) is -0.779. The standard InChI is InChI=1S/C11H17N3O2S2/c1-7(17-10-12-6-13-18-10)5-11(2,9(15)16)14-8-3-4-8/h6-8,14H,3-5H2,1-2H3,(H,15,16). The topological polar surface area (TPSA) is 75.1 Å². The second-order valence-corrected chi connectivity index (χ2v) is 7.36. The van der Waals surface area contributed by atoms with Crippen molar-refractivity contribution in [1.29, 1.82) is 0 Å². The first-order chi connectivity index (χ1) is 8.49. The van der Waals surface area contributed by atoms with Crippen LogP contribution in [0.1, 0.15) is 33.1 Å². The molecular weight excluding hydrogens is 270 g/mol. The van der Waals surface area contributed by atoms with E-state index in [2.05, 4.69) is 14.7 Å². The summed E-state index contributed by atoms with van der Waals surface area (Å²) in [6, 6.07) is 0.379. The molecule has 1 aliphatic rings. The Hall–Kier alpha value is -0.660. The average Bonchev–Trinajstić information content (AvgIpc) is 2.92. The monoisotopic (exact) mass is 287 g/mol. The predicted molar refractivity (Wildman–Crippen MR) is 72.0 cm³/mol. The van der Waals surface area contributed by atoms with Crippen molar-refractivity contribution in [2.45, 2.75) is 54.3 Å². The number of aliphatic carboxylic acids is 1. The fraction of sp³-hybridized carbons (Fsp3) is 0.727. The summed E-state index contributed by atoms with van der Waals surface area (Å²) in [5, 5.41) is 12.8. The van der Waals surface area contributed by atoms with E-state index in [1.807, 2.05) is 6.92 Å². The molecule has 1 aliphatic carbocycles. The fourth-order valence-corrected chi connectivity index (χ4v) is 3.83. The molecule has 0 spiro atoms. The molecule has 100 valence electrons. The summed E-state index contributed by atoms with van der Waals surface area (Å²) in [5.41, 5.74) is -0.849. The predicted octanol–water partition coefficient (Wildman–Crippen LogP) is 2.00. The van der Waals surface area contributed by atoms with Crippen molar-refractivity contribution in [1.82, 2.24) is 14.7 Å². The highest BCUT2D eigenvalue weighted by atomic mass is 32.2. The van der Waals surface area contributed by atoms with Gasteiger partial charge in [0.1, 0.15) is 11.9 Å². The number of nitrogens with one attached hydrogen (secondary N) is 1. The second-order valence-electron chi connectivity index (χ2n) is 4.90. The smallest absolute Gasteiger partial charge is 0.323 e. The molecule has 1 aromatic heterocycles. The highest BCUT2D eigenvalue weighted by molar-refractivity contribution is 8.01. The number of aromatic nitrogens is 2. The number of hydrogen-bond donors (Lipinski definition) is 2. The van der Waals surface area contributed by atoms with Crippen LogP contribution in [0, 0.1) is 0 Å². The van der Waals surface area contributed by atoms with Crippen molar-refractivity contribution in [2.24, 2.45) is 0 Å². The molecule has 0 bridgehead atoms. The zero-order chi connectivity index (χ0) is 13.2. The van der Waals surface area contributed by atoms with Gasteiger partial charge in [-0.1, -0.05) is 18.7 Å². The van der Waals surface area contributed by atoms with E-state index < -0.39 is 11.5 Å². The minimum absolute atomic E-state index is 0.185. The lowest BCUT2D eigenvalue weighted by Crippen LogP contribution is -2.51. The van der Waals surface area contributed by atoms with Gasteiger partial charge in [-0.3, -0.25) is 10.1 Å². The van der Waals surface area contributed by atoms with Crippen LogP contribution in [0.2, 0.25) is 0 Å². The van der Waals surface area contributed by atoms with E-state index in [1.165, 1.54) is 17.9 Å². The van der Waals surface area contributed by atoms with Crippen LogP contribution in [0.5, 0.6) is 0 Å². The highest BCUT2D eigenvalue weighted by Gasteiger charge is 2.39. The van der Waals surface area contributed by atoms with Gasteiger partial charge in [-0.05, 0) is 37.7 Å². The van der Waals surface area contributed by atoms with Crippen LogP contribution >= 0.6 is 23.3 Å². The Balaban J connectivity index is 1.92. The molecule has 1 saturated carbocycles. The van der Waals surface area contributed by atoms with Crippen LogP contribution in [-0.4, -0.2) is 37.3 Å². The maximum atomic E-state index is 11.4. The Bertz CT molecular complexity index is 408. The van der Waals surface area contributed by atoms with Gasteiger partial charge in [0.15, 0.2) is 4.34 Å². The van der Waals surface area contributed by atoms with Gasteiger partial charge in [0.05, 0.1) is 0 Å². The molecule has 2 atom stereocenters. The Morgan fingerprint density at radius 2 is 2.50 bits per heavy atom. The summed E-state index contributed by atoms with van der Waals surface area (Å²) in [7, 11) is 0. The number of rotatable bonds is 7. The van der Waals surface area contributed by atoms with Crippen molar-refractivity contribution in [3.8, 4) is 0 Å². The van der Waals surface area contributed by atoms with E-state index in [1.54, 1.807) is 18.7 Å². The van der Waals surface area contributed by atoms with Crippen LogP contribution in [-0.2, 0) is 4.79 Å². The third kappa shape index (κ3) is 3.66. The van der Waals surface area contributed by atoms with Gasteiger partial charge in [-0.25, -0.2) is 4.98 Å². The van der Waals surface area contributed by atoms with Crippen molar-refractivity contribution >= 4 is 29.3 Å². The molecule has 18 heavy (non-hydrogen) atoms. The summed E-state index contributed by atoms with van der Waals surface area (Å²) >= 11 is 2.93. The Morgan fingerprint density at radius 3 is 3.00 bits per heavy atom. The summed E-state index contributed by atoms with van der Waals surface area (Å²) in [6.45, 7) is 3.80. The lowest BCUT2D eigenvalue weighted by atomic mass is 9.96. The Labute approximate surface area is 115 Å². The van der Waals surface area contributed by atoms with Gasteiger partial charge in [-0.2, -0.15) is 4.37 Å². The Kier molecular flexibility index (Phi) is 4.24. The first kappa shape index (κ1) is 13.8. The van der Waals surface area contributed by atoms with Crippen molar-refractivity contribution in [3.05, 3.63) is 6.33 Å². The molecule has 0 radical (unpaired) electrons. The van der Waals surface area contributed by atoms with Crippen molar-refractivity contribution in [2.75, 3.05) is 0 Å². The van der Waals surface area contributed by atoms with Crippen molar-refractivity contribution in [3.63, 3.8) is 0 Å². The first-order valence-electron chi connectivity index (χ1n) is 5.94. The van der Waals surface area contributed by atoms with Gasteiger partial charge in [0.2, 0.25) is 0 Å². The van der Waals surface area contributed by atoms with Gasteiger partial charge in [0.25, 0.3) is 0 Å². The molecule has 0 saturated heterocycles. The van der Waals surface area contributed by atoms with Crippen molar-refractivity contribution < 1.29 is 9.90 Å². The largest absolute Gasteiger partial charge is 0.480 e. The molecule has 5 nitrogen and oxygen atoms in total. The van der Waals surface area contributed by atoms with E-state index >= 15 is 0 Å². The van der Waals surface area contributed by atoms with Crippen LogP contribution in [0.4, 0.5) is 0 Å². The summed E-state index contributed by atoms with van der Waals surface area (Å²) in [6.07, 6.45) is 4.27. The maximum Gasteiger partial charge on any atom is 0.323 e. The number of nitrogens with zero attached hydrogens (tertiary/aromatic N) is 2. The third-order valence-corrected chi connectivity index (χ3v) is 4.76. The fourth-order valence-electron chi connectivity index (χ4n) is 1.89. The van der Waals surface area contributed by atoms with Crippen LogP contribution in [0.15, 0.2) is 10.7 Å². The summed E-state index contributed by atoms with van der Waals surface area (Å²) < 4.78 is 4.83. The minimum Gasteiger partial charge on any atom is -0.480 e. The van der Waals surface area contributed by atoms with E-state index in [0.717, 1.165) is 17.2 Å². The minimum atomic E-state index is -0.849. The van der Waals surface area contributed by atoms with E-state index in [-0.39, 0.29) is 5.25 Å². The molecule has 2 rings (SSSR count). The number of hydrogen-bond acceptors (Lipinski definition) is 6. The van der Waals surface area contributed by atoms with Crippen LogP contribution in [0.3, 0.4) is 0 Å². The number of carboxylic acids is 1. The quantitative estimate of drug-likeness (QED) is 0.747. The molecule has 1 fully saturated rings. The normalized spacial score (nSPS) is 20.3. The lowest BCUT2D eigenvalue weighted by molar-refractivity contribution is -0.144. The van der Waals surface area contributed by atoms with Gasteiger partial charge in [-0.15, -0.1) is 0 Å². The first-order valence-corrected chi connectivity index (χ1v) is 7.59. The molecule has 7 heteroatoms. The van der Waals surface area contributed by atoms with Crippen LogP contribution < -0.4 is 5.32 Å². The van der Waals surface area contributed by atoms with E-state index in [9.17, 15) is 9.90 Å². The lowest BCUT2D eigenvalue weighted by Gasteiger charge is -2.28. The zero-order valence-corrected chi connectivity index (χ0v) is 12.1.